The fourth-order valence-electron chi connectivity index (χ4n) is 2.63. The number of hydrogen-bond acceptors (Lipinski definition) is 3. The zero-order chi connectivity index (χ0) is 13.9. The van der Waals surface area contributed by atoms with Crippen LogP contribution in [0, 0.1) is 5.82 Å². The third-order valence-corrected chi connectivity index (χ3v) is 4.27. The Balaban J connectivity index is 2.10. The number of rotatable bonds is 5. The molecule has 0 saturated carbocycles. The largest absolute Gasteiger partial charge is 0.383 e. The van der Waals surface area contributed by atoms with Crippen molar-refractivity contribution < 1.29 is 9.13 Å². The van der Waals surface area contributed by atoms with Gasteiger partial charge in [0.25, 0.3) is 0 Å². The van der Waals surface area contributed by atoms with Crippen molar-refractivity contribution in [2.45, 2.75) is 24.9 Å². The van der Waals surface area contributed by atoms with Crippen LogP contribution in [0.15, 0.2) is 22.7 Å². The van der Waals surface area contributed by atoms with Gasteiger partial charge in [-0.1, -0.05) is 6.07 Å². The molecule has 1 saturated heterocycles. The lowest BCUT2D eigenvalue weighted by atomic mass is 9.96. The van der Waals surface area contributed by atoms with Crippen LogP contribution < -0.4 is 10.6 Å². The third-order valence-electron chi connectivity index (χ3n) is 3.63. The Morgan fingerprint density at radius 3 is 2.95 bits per heavy atom. The van der Waals surface area contributed by atoms with Crippen LogP contribution in [0.1, 0.15) is 24.9 Å². The number of benzene rings is 1. The predicted molar refractivity (Wildman–Crippen MR) is 77.7 cm³/mol. The molecule has 1 aliphatic heterocycles. The Bertz CT molecular complexity index is 435. The summed E-state index contributed by atoms with van der Waals surface area (Å²) in [6.07, 6.45) is 1.02. The average molecular weight is 331 g/mol. The molecule has 0 bridgehead atoms. The van der Waals surface area contributed by atoms with Crippen molar-refractivity contribution in [1.82, 2.24) is 10.6 Å². The maximum atomic E-state index is 13.6. The van der Waals surface area contributed by atoms with E-state index in [0.29, 0.717) is 11.1 Å². The molecule has 0 radical (unpaired) electrons. The molecule has 2 atom stereocenters. The van der Waals surface area contributed by atoms with Gasteiger partial charge in [-0.25, -0.2) is 4.39 Å². The summed E-state index contributed by atoms with van der Waals surface area (Å²) in [7, 11) is 1.71. The molecule has 3 nitrogen and oxygen atoms in total. The quantitative estimate of drug-likeness (QED) is 0.870. The second kappa shape index (κ2) is 6.31. The molecule has 1 aliphatic rings. The summed E-state index contributed by atoms with van der Waals surface area (Å²) in [5, 5.41) is 6.94. The number of ether oxygens (including phenoxy) is 1. The van der Waals surface area contributed by atoms with Gasteiger partial charge in [0.1, 0.15) is 5.82 Å². The van der Waals surface area contributed by atoms with Crippen molar-refractivity contribution in [1.29, 1.82) is 0 Å². The molecule has 106 valence electrons. The monoisotopic (exact) mass is 330 g/mol. The summed E-state index contributed by atoms with van der Waals surface area (Å²) in [4.78, 5) is 0. The molecule has 1 heterocycles. The summed E-state index contributed by atoms with van der Waals surface area (Å²) in [5.41, 5.74) is 0.889. The maximum absolute atomic E-state index is 13.6. The first kappa shape index (κ1) is 14.9. The SMILES string of the molecule is COCC1(NC(C)c2ccc(Br)c(F)c2)CCNC1. The summed E-state index contributed by atoms with van der Waals surface area (Å²) in [6, 6.07) is 5.34. The van der Waals surface area contributed by atoms with Crippen LogP contribution >= 0.6 is 15.9 Å². The molecular formula is C14H20BrFN2O. The molecular weight excluding hydrogens is 311 g/mol. The molecule has 2 unspecified atom stereocenters. The van der Waals surface area contributed by atoms with E-state index in [1.54, 1.807) is 19.2 Å². The van der Waals surface area contributed by atoms with Gasteiger partial charge < -0.3 is 15.4 Å². The highest BCUT2D eigenvalue weighted by Crippen LogP contribution is 2.24. The van der Waals surface area contributed by atoms with Crippen molar-refractivity contribution in [2.24, 2.45) is 0 Å². The summed E-state index contributed by atoms with van der Waals surface area (Å²) < 4.78 is 19.4. The number of nitrogens with one attached hydrogen (secondary N) is 2. The van der Waals surface area contributed by atoms with Crippen LogP contribution in [0.3, 0.4) is 0 Å². The van der Waals surface area contributed by atoms with Crippen LogP contribution in [0.4, 0.5) is 4.39 Å². The van der Waals surface area contributed by atoms with Crippen molar-refractivity contribution in [3.63, 3.8) is 0 Å². The van der Waals surface area contributed by atoms with Gasteiger partial charge in [0, 0.05) is 19.7 Å². The normalized spacial score (nSPS) is 24.6. The van der Waals surface area contributed by atoms with Gasteiger partial charge in [0.2, 0.25) is 0 Å². The van der Waals surface area contributed by atoms with E-state index in [4.69, 9.17) is 4.74 Å². The molecule has 0 aliphatic carbocycles. The molecule has 2 rings (SSSR count). The van der Waals surface area contributed by atoms with Gasteiger partial charge in [-0.3, -0.25) is 0 Å². The Morgan fingerprint density at radius 2 is 2.37 bits per heavy atom. The third kappa shape index (κ3) is 3.54. The minimum Gasteiger partial charge on any atom is -0.383 e. The van der Waals surface area contributed by atoms with Gasteiger partial charge >= 0.3 is 0 Å². The van der Waals surface area contributed by atoms with Crippen molar-refractivity contribution >= 4 is 15.9 Å². The van der Waals surface area contributed by atoms with Gasteiger partial charge in [-0.05, 0) is 53.5 Å². The lowest BCUT2D eigenvalue weighted by molar-refractivity contribution is 0.112. The van der Waals surface area contributed by atoms with Crippen molar-refractivity contribution in [3.05, 3.63) is 34.1 Å². The van der Waals surface area contributed by atoms with E-state index in [2.05, 4.69) is 33.5 Å². The highest BCUT2D eigenvalue weighted by molar-refractivity contribution is 9.10. The maximum Gasteiger partial charge on any atom is 0.137 e. The first-order valence-electron chi connectivity index (χ1n) is 6.49. The van der Waals surface area contributed by atoms with E-state index >= 15 is 0 Å². The standard InChI is InChI=1S/C14H20BrFN2O/c1-10(11-3-4-12(15)13(16)7-11)18-14(9-19-2)5-6-17-8-14/h3-4,7,10,17-18H,5-6,8-9H2,1-2H3. The first-order valence-corrected chi connectivity index (χ1v) is 7.28. The molecule has 5 heteroatoms. The highest BCUT2D eigenvalue weighted by atomic mass is 79.9. The smallest absolute Gasteiger partial charge is 0.137 e. The second-order valence-electron chi connectivity index (χ2n) is 5.18. The van der Waals surface area contributed by atoms with Crippen LogP contribution in [-0.4, -0.2) is 32.3 Å². The lowest BCUT2D eigenvalue weighted by Gasteiger charge is -2.32. The molecule has 0 aromatic heterocycles. The average Bonchev–Trinajstić information content (AvgIpc) is 2.81. The van der Waals surface area contributed by atoms with E-state index < -0.39 is 0 Å². The molecule has 1 fully saturated rings. The predicted octanol–water partition coefficient (Wildman–Crippen LogP) is 2.62. The van der Waals surface area contributed by atoms with E-state index in [9.17, 15) is 4.39 Å². The highest BCUT2D eigenvalue weighted by Gasteiger charge is 2.35. The fourth-order valence-corrected chi connectivity index (χ4v) is 2.88. The zero-order valence-corrected chi connectivity index (χ0v) is 12.9. The molecule has 19 heavy (non-hydrogen) atoms. The topological polar surface area (TPSA) is 33.3 Å². The molecule has 1 aromatic rings. The molecule has 1 aromatic carbocycles. The molecule has 0 amide bonds. The van der Waals surface area contributed by atoms with Gasteiger partial charge in [-0.2, -0.15) is 0 Å². The van der Waals surface area contributed by atoms with Crippen LogP contribution in [0.5, 0.6) is 0 Å². The number of halogens is 2. The van der Waals surface area contributed by atoms with Gasteiger partial charge in [0.15, 0.2) is 0 Å². The van der Waals surface area contributed by atoms with Crippen LogP contribution in [0.2, 0.25) is 0 Å². The Morgan fingerprint density at radius 1 is 1.58 bits per heavy atom. The lowest BCUT2D eigenvalue weighted by Crippen LogP contribution is -2.51. The summed E-state index contributed by atoms with van der Waals surface area (Å²) in [5.74, 6) is -0.225. The van der Waals surface area contributed by atoms with E-state index in [1.807, 2.05) is 6.07 Å². The van der Waals surface area contributed by atoms with Gasteiger partial charge in [0.05, 0.1) is 16.6 Å². The Hall–Kier alpha value is -0.490. The first-order chi connectivity index (χ1) is 9.06. The van der Waals surface area contributed by atoms with Crippen LogP contribution in [-0.2, 0) is 4.74 Å². The summed E-state index contributed by atoms with van der Waals surface area (Å²) in [6.45, 7) is 4.57. The molecule has 2 N–H and O–H groups in total. The number of hydrogen-bond donors (Lipinski definition) is 2. The van der Waals surface area contributed by atoms with E-state index in [0.717, 1.165) is 25.1 Å². The Kier molecular flexibility index (Phi) is 4.95. The van der Waals surface area contributed by atoms with Crippen molar-refractivity contribution in [2.75, 3.05) is 26.8 Å². The minimum atomic E-state index is -0.225. The Labute approximate surface area is 122 Å². The summed E-state index contributed by atoms with van der Waals surface area (Å²) >= 11 is 3.18. The number of methoxy groups -OCH3 is 1. The van der Waals surface area contributed by atoms with Crippen molar-refractivity contribution in [3.8, 4) is 0 Å². The molecule has 0 spiro atoms. The fraction of sp³-hybridized carbons (Fsp3) is 0.571. The van der Waals surface area contributed by atoms with Gasteiger partial charge in [-0.15, -0.1) is 0 Å². The van der Waals surface area contributed by atoms with E-state index in [1.165, 1.54) is 0 Å². The second-order valence-corrected chi connectivity index (χ2v) is 6.03. The zero-order valence-electron chi connectivity index (χ0n) is 11.3. The van der Waals surface area contributed by atoms with Crippen LogP contribution in [0.25, 0.3) is 0 Å². The minimum absolute atomic E-state index is 0.0578. The van der Waals surface area contributed by atoms with E-state index in [-0.39, 0.29) is 17.4 Å².